The van der Waals surface area contributed by atoms with E-state index in [4.69, 9.17) is 9.47 Å². The van der Waals surface area contributed by atoms with Gasteiger partial charge in [0.1, 0.15) is 24.6 Å². The highest BCUT2D eigenvalue weighted by molar-refractivity contribution is 5.27. The van der Waals surface area contributed by atoms with E-state index in [1.807, 2.05) is 12.1 Å². The lowest BCUT2D eigenvalue weighted by Crippen LogP contribution is -2.47. The molecule has 2 fully saturated rings. The summed E-state index contributed by atoms with van der Waals surface area (Å²) in [7, 11) is 0. The monoisotopic (exact) mass is 442 g/mol. The number of rotatable bonds is 9. The molecule has 0 unspecified atom stereocenters. The number of hydrogen-bond donors (Lipinski definition) is 1. The molecule has 2 aromatic rings. The van der Waals surface area contributed by atoms with Crippen LogP contribution in [-0.4, -0.2) is 66.4 Å². The minimum absolute atomic E-state index is 0.116. The lowest BCUT2D eigenvalue weighted by Gasteiger charge is -2.38. The largest absolute Gasteiger partial charge is 0.492 e. The van der Waals surface area contributed by atoms with E-state index in [9.17, 15) is 9.50 Å². The molecule has 5 nitrogen and oxygen atoms in total. The number of nitrogens with zero attached hydrogens (tertiary/aromatic N) is 2. The van der Waals surface area contributed by atoms with E-state index < -0.39 is 11.4 Å². The molecule has 6 heteroatoms. The Morgan fingerprint density at radius 2 is 1.56 bits per heavy atom. The van der Waals surface area contributed by atoms with Gasteiger partial charge in [-0.05, 0) is 68.6 Å². The first-order valence-electron chi connectivity index (χ1n) is 11.9. The summed E-state index contributed by atoms with van der Waals surface area (Å²) in [5, 5.41) is 10.8. The Labute approximate surface area is 190 Å². The highest BCUT2D eigenvalue weighted by atomic mass is 19.1. The molecule has 0 saturated carbocycles. The van der Waals surface area contributed by atoms with E-state index in [-0.39, 0.29) is 12.4 Å². The van der Waals surface area contributed by atoms with Crippen molar-refractivity contribution in [3.8, 4) is 11.5 Å². The first-order valence-corrected chi connectivity index (χ1v) is 11.9. The smallest absolute Gasteiger partial charge is 0.165 e. The number of ether oxygens (including phenoxy) is 2. The van der Waals surface area contributed by atoms with Gasteiger partial charge in [0, 0.05) is 26.2 Å². The molecular formula is C26H35FN2O3. The van der Waals surface area contributed by atoms with Crippen LogP contribution in [0.5, 0.6) is 11.5 Å². The van der Waals surface area contributed by atoms with Crippen molar-refractivity contribution in [2.24, 2.45) is 0 Å². The second-order valence-corrected chi connectivity index (χ2v) is 9.11. The van der Waals surface area contributed by atoms with Crippen LogP contribution in [-0.2, 0) is 6.54 Å². The number of likely N-dealkylation sites (tertiary alicyclic amines) is 2. The van der Waals surface area contributed by atoms with Crippen molar-refractivity contribution in [1.82, 2.24) is 9.80 Å². The molecule has 4 rings (SSSR count). The Hall–Kier alpha value is -2.15. The van der Waals surface area contributed by atoms with Gasteiger partial charge in [0.15, 0.2) is 11.6 Å². The molecule has 0 aliphatic carbocycles. The van der Waals surface area contributed by atoms with Crippen LogP contribution in [0.4, 0.5) is 4.39 Å². The van der Waals surface area contributed by atoms with E-state index in [0.717, 1.165) is 38.5 Å². The SMILES string of the molecule is OC1(COc2ccccc2F)CCN(Cc2ccc(OCCN3CCCCC3)cc2)CC1. The first-order chi connectivity index (χ1) is 15.6. The van der Waals surface area contributed by atoms with Gasteiger partial charge in [0.25, 0.3) is 0 Å². The van der Waals surface area contributed by atoms with Crippen molar-refractivity contribution in [3.63, 3.8) is 0 Å². The van der Waals surface area contributed by atoms with E-state index in [1.165, 1.54) is 44.0 Å². The quantitative estimate of drug-likeness (QED) is 0.634. The topological polar surface area (TPSA) is 45.2 Å². The van der Waals surface area contributed by atoms with Gasteiger partial charge in [-0.1, -0.05) is 30.7 Å². The molecule has 0 amide bonds. The summed E-state index contributed by atoms with van der Waals surface area (Å²) in [5.41, 5.74) is 0.326. The summed E-state index contributed by atoms with van der Waals surface area (Å²) in [6.45, 7) is 6.66. The second kappa shape index (κ2) is 11.1. The van der Waals surface area contributed by atoms with Crippen LogP contribution < -0.4 is 9.47 Å². The zero-order chi connectivity index (χ0) is 22.2. The Morgan fingerprint density at radius 3 is 2.28 bits per heavy atom. The average Bonchev–Trinajstić information content (AvgIpc) is 2.82. The molecule has 2 aliphatic rings. The van der Waals surface area contributed by atoms with Crippen LogP contribution in [0.25, 0.3) is 0 Å². The first kappa shape index (κ1) is 23.0. The normalized spacial score (nSPS) is 19.6. The van der Waals surface area contributed by atoms with Gasteiger partial charge >= 0.3 is 0 Å². The predicted octanol–water partition coefficient (Wildman–Crippen LogP) is 4.10. The Kier molecular flexibility index (Phi) is 8.00. The summed E-state index contributed by atoms with van der Waals surface area (Å²) < 4.78 is 25.2. The molecule has 0 spiro atoms. The minimum Gasteiger partial charge on any atom is -0.492 e. The fourth-order valence-corrected chi connectivity index (χ4v) is 4.47. The van der Waals surface area contributed by atoms with Crippen LogP contribution in [0, 0.1) is 5.82 Å². The predicted molar refractivity (Wildman–Crippen MR) is 124 cm³/mol. The van der Waals surface area contributed by atoms with Gasteiger partial charge in [0.05, 0.1) is 0 Å². The summed E-state index contributed by atoms with van der Waals surface area (Å²) in [6.07, 6.45) is 5.19. The molecule has 0 aromatic heterocycles. The molecule has 2 aromatic carbocycles. The molecule has 32 heavy (non-hydrogen) atoms. The van der Waals surface area contributed by atoms with Gasteiger partial charge in [-0.3, -0.25) is 9.80 Å². The van der Waals surface area contributed by atoms with E-state index >= 15 is 0 Å². The number of halogens is 1. The molecule has 0 bridgehead atoms. The highest BCUT2D eigenvalue weighted by Gasteiger charge is 2.33. The van der Waals surface area contributed by atoms with Crippen molar-refractivity contribution in [3.05, 3.63) is 59.9 Å². The van der Waals surface area contributed by atoms with Crippen LogP contribution in [0.3, 0.4) is 0 Å². The Morgan fingerprint density at radius 1 is 0.844 bits per heavy atom. The molecule has 174 valence electrons. The van der Waals surface area contributed by atoms with Crippen LogP contribution in [0.15, 0.2) is 48.5 Å². The number of aliphatic hydroxyl groups is 1. The molecule has 0 atom stereocenters. The van der Waals surface area contributed by atoms with Crippen LogP contribution in [0.1, 0.15) is 37.7 Å². The summed E-state index contributed by atoms with van der Waals surface area (Å²) in [6, 6.07) is 14.7. The third-order valence-electron chi connectivity index (χ3n) is 6.57. The number of benzene rings is 2. The van der Waals surface area contributed by atoms with Gasteiger partial charge in [-0.15, -0.1) is 0 Å². The Balaban J connectivity index is 1.17. The number of para-hydroxylation sites is 1. The van der Waals surface area contributed by atoms with E-state index in [0.29, 0.717) is 12.8 Å². The fraction of sp³-hybridized carbons (Fsp3) is 0.538. The minimum atomic E-state index is -0.912. The maximum absolute atomic E-state index is 13.7. The molecule has 2 saturated heterocycles. The third kappa shape index (κ3) is 6.67. The van der Waals surface area contributed by atoms with Crippen molar-refractivity contribution in [2.45, 2.75) is 44.2 Å². The summed E-state index contributed by atoms with van der Waals surface area (Å²) in [4.78, 5) is 4.82. The molecule has 2 heterocycles. The maximum atomic E-state index is 13.7. The van der Waals surface area contributed by atoms with Crippen LogP contribution in [0.2, 0.25) is 0 Å². The van der Waals surface area contributed by atoms with Crippen LogP contribution >= 0.6 is 0 Å². The van der Waals surface area contributed by atoms with E-state index in [2.05, 4.69) is 21.9 Å². The number of hydrogen-bond acceptors (Lipinski definition) is 5. The fourth-order valence-electron chi connectivity index (χ4n) is 4.47. The van der Waals surface area contributed by atoms with Gasteiger partial charge < -0.3 is 14.6 Å². The lowest BCUT2D eigenvalue weighted by molar-refractivity contribution is -0.0543. The van der Waals surface area contributed by atoms with Crippen molar-refractivity contribution >= 4 is 0 Å². The third-order valence-corrected chi connectivity index (χ3v) is 6.57. The molecule has 1 N–H and O–H groups in total. The zero-order valence-electron chi connectivity index (χ0n) is 18.8. The van der Waals surface area contributed by atoms with E-state index in [1.54, 1.807) is 18.2 Å². The highest BCUT2D eigenvalue weighted by Crippen LogP contribution is 2.26. The van der Waals surface area contributed by atoms with Gasteiger partial charge in [-0.2, -0.15) is 0 Å². The lowest BCUT2D eigenvalue weighted by atomic mass is 9.92. The summed E-state index contributed by atoms with van der Waals surface area (Å²) in [5.74, 6) is 0.720. The number of piperidine rings is 2. The van der Waals surface area contributed by atoms with Gasteiger partial charge in [0.2, 0.25) is 0 Å². The maximum Gasteiger partial charge on any atom is 0.165 e. The van der Waals surface area contributed by atoms with Crippen molar-refractivity contribution < 1.29 is 19.0 Å². The van der Waals surface area contributed by atoms with Crippen molar-refractivity contribution in [1.29, 1.82) is 0 Å². The molecule has 0 radical (unpaired) electrons. The second-order valence-electron chi connectivity index (χ2n) is 9.11. The summed E-state index contributed by atoms with van der Waals surface area (Å²) >= 11 is 0. The average molecular weight is 443 g/mol. The van der Waals surface area contributed by atoms with Crippen molar-refractivity contribution in [2.75, 3.05) is 45.9 Å². The van der Waals surface area contributed by atoms with Gasteiger partial charge in [-0.25, -0.2) is 4.39 Å². The Bertz CT molecular complexity index is 831. The zero-order valence-corrected chi connectivity index (χ0v) is 18.8. The molecule has 2 aliphatic heterocycles. The molecular weight excluding hydrogens is 407 g/mol. The standard InChI is InChI=1S/C26H35FN2O3/c27-24-6-2-3-7-25(24)32-21-26(30)12-16-29(17-13-26)20-22-8-10-23(11-9-22)31-19-18-28-14-4-1-5-15-28/h2-3,6-11,30H,1,4-5,12-21H2.